The van der Waals surface area contributed by atoms with Crippen molar-refractivity contribution in [3.05, 3.63) is 45.8 Å². The average Bonchev–Trinajstić information content (AvgIpc) is 3.16. The van der Waals surface area contributed by atoms with E-state index >= 15 is 0 Å². The van der Waals surface area contributed by atoms with Gasteiger partial charge in [-0.2, -0.15) is 0 Å². The van der Waals surface area contributed by atoms with E-state index in [1.807, 2.05) is 13.8 Å². The number of carbonyl (C=O) groups excluding carboxylic acids is 4. The van der Waals surface area contributed by atoms with E-state index in [0.29, 0.717) is 35.0 Å². The fraction of sp³-hybridized carbons (Fsp3) is 0.417. The van der Waals surface area contributed by atoms with Crippen LogP contribution in [-0.2, 0) is 30.2 Å². The average molecular weight is 523 g/mol. The molecule has 0 spiro atoms. The summed E-state index contributed by atoms with van der Waals surface area (Å²) in [6.45, 7) is 5.97. The number of methoxy groups -OCH3 is 1. The summed E-state index contributed by atoms with van der Waals surface area (Å²) in [6, 6.07) is 6.69. The normalized spacial score (nSPS) is 10.5. The fourth-order valence-corrected chi connectivity index (χ4v) is 5.07. The molecule has 2 rings (SSSR count). The van der Waals surface area contributed by atoms with Crippen LogP contribution < -0.4 is 10.6 Å². The van der Waals surface area contributed by atoms with Gasteiger partial charge in [0.05, 0.1) is 30.1 Å². The maximum absolute atomic E-state index is 12.6. The highest BCUT2D eigenvalue weighted by atomic mass is 32.2. The molecule has 0 bridgehead atoms. The standard InChI is InChI=1S/C24H30N2O7S2/c1-5-17-15(3)21(24(30)32-6-2)22(35-17)26-19(27)13-33-23(29)16-9-7-8-10-18(16)34-14-20(28)25-11-12-31-4/h7-10H,5-6,11-14H2,1-4H3,(H,25,28)(H,26,27). The van der Waals surface area contributed by atoms with E-state index in [2.05, 4.69) is 10.6 Å². The van der Waals surface area contributed by atoms with Gasteiger partial charge in [-0.1, -0.05) is 19.1 Å². The number of carbonyl (C=O) groups is 4. The molecule has 190 valence electrons. The van der Waals surface area contributed by atoms with Crippen LogP contribution in [0.2, 0.25) is 0 Å². The van der Waals surface area contributed by atoms with Gasteiger partial charge in [0, 0.05) is 23.4 Å². The molecule has 2 N–H and O–H groups in total. The number of anilines is 1. The quantitative estimate of drug-likeness (QED) is 0.233. The molecule has 0 atom stereocenters. The Balaban J connectivity index is 2.00. The van der Waals surface area contributed by atoms with Gasteiger partial charge in [0.2, 0.25) is 5.91 Å². The molecule has 1 heterocycles. The number of thioether (sulfide) groups is 1. The van der Waals surface area contributed by atoms with Gasteiger partial charge in [-0.15, -0.1) is 23.1 Å². The number of esters is 2. The molecule has 11 heteroatoms. The van der Waals surface area contributed by atoms with Crippen LogP contribution in [0.1, 0.15) is 45.0 Å². The minimum Gasteiger partial charge on any atom is -0.462 e. The number of hydrogen-bond acceptors (Lipinski definition) is 9. The number of thiophene rings is 1. The molecule has 0 aliphatic rings. The van der Waals surface area contributed by atoms with E-state index in [0.717, 1.165) is 10.4 Å². The lowest BCUT2D eigenvalue weighted by molar-refractivity contribution is -0.119. The highest BCUT2D eigenvalue weighted by Crippen LogP contribution is 2.34. The summed E-state index contributed by atoms with van der Waals surface area (Å²) in [6.07, 6.45) is 0.701. The Hall–Kier alpha value is -2.89. The SMILES string of the molecule is CCOC(=O)c1c(NC(=O)COC(=O)c2ccccc2SCC(=O)NCCOC)sc(CC)c1C. The first-order chi connectivity index (χ1) is 16.8. The molecule has 0 fully saturated rings. The molecular weight excluding hydrogens is 492 g/mol. The Morgan fingerprint density at radius 2 is 1.77 bits per heavy atom. The predicted molar refractivity (Wildman–Crippen MR) is 135 cm³/mol. The fourth-order valence-electron chi connectivity index (χ4n) is 3.05. The van der Waals surface area contributed by atoms with Crippen molar-refractivity contribution in [1.29, 1.82) is 0 Å². The van der Waals surface area contributed by atoms with Gasteiger partial charge in [0.25, 0.3) is 5.91 Å². The molecule has 1 aromatic heterocycles. The molecule has 2 amide bonds. The molecule has 0 aliphatic heterocycles. The lowest BCUT2D eigenvalue weighted by atomic mass is 10.1. The molecule has 0 unspecified atom stereocenters. The van der Waals surface area contributed by atoms with Crippen molar-refractivity contribution in [2.45, 2.75) is 32.1 Å². The third-order valence-electron chi connectivity index (χ3n) is 4.73. The number of hydrogen-bond donors (Lipinski definition) is 2. The van der Waals surface area contributed by atoms with Crippen molar-refractivity contribution in [3.8, 4) is 0 Å². The monoisotopic (exact) mass is 522 g/mol. The van der Waals surface area contributed by atoms with Crippen LogP contribution >= 0.6 is 23.1 Å². The van der Waals surface area contributed by atoms with Crippen molar-refractivity contribution in [2.75, 3.05) is 44.5 Å². The largest absolute Gasteiger partial charge is 0.462 e. The van der Waals surface area contributed by atoms with Crippen molar-refractivity contribution >= 4 is 51.9 Å². The van der Waals surface area contributed by atoms with Crippen LogP contribution in [0, 0.1) is 6.92 Å². The van der Waals surface area contributed by atoms with Gasteiger partial charge in [0.15, 0.2) is 6.61 Å². The second-order valence-corrected chi connectivity index (χ2v) is 9.30. The third-order valence-corrected chi connectivity index (χ3v) is 7.15. The van der Waals surface area contributed by atoms with Crippen molar-refractivity contribution < 1.29 is 33.4 Å². The molecule has 0 saturated heterocycles. The first-order valence-electron chi connectivity index (χ1n) is 11.1. The first kappa shape index (κ1) is 28.3. The first-order valence-corrected chi connectivity index (χ1v) is 12.9. The van der Waals surface area contributed by atoms with Crippen LogP contribution in [0.3, 0.4) is 0 Å². The molecule has 9 nitrogen and oxygen atoms in total. The van der Waals surface area contributed by atoms with Gasteiger partial charge in [-0.3, -0.25) is 9.59 Å². The molecule has 0 aliphatic carbocycles. The number of ether oxygens (including phenoxy) is 3. The Morgan fingerprint density at radius 1 is 1.03 bits per heavy atom. The minimum absolute atomic E-state index is 0.114. The van der Waals surface area contributed by atoms with Gasteiger partial charge in [0.1, 0.15) is 5.00 Å². The number of rotatable bonds is 13. The van der Waals surface area contributed by atoms with Crippen LogP contribution in [0.4, 0.5) is 5.00 Å². The van der Waals surface area contributed by atoms with Crippen LogP contribution in [0.5, 0.6) is 0 Å². The summed E-state index contributed by atoms with van der Waals surface area (Å²) in [5.74, 6) is -1.85. The maximum atomic E-state index is 12.6. The third kappa shape index (κ3) is 8.37. The summed E-state index contributed by atoms with van der Waals surface area (Å²) in [4.78, 5) is 51.0. The second kappa shape index (κ2) is 14.5. The summed E-state index contributed by atoms with van der Waals surface area (Å²) < 4.78 is 15.2. The number of amides is 2. The van der Waals surface area contributed by atoms with Crippen LogP contribution in [0.25, 0.3) is 0 Å². The molecule has 35 heavy (non-hydrogen) atoms. The molecule has 0 saturated carbocycles. The minimum atomic E-state index is -0.690. The molecule has 2 aromatic rings. The number of aryl methyl sites for hydroxylation is 1. The predicted octanol–water partition coefficient (Wildman–Crippen LogP) is 3.45. The zero-order valence-corrected chi connectivity index (χ0v) is 21.9. The summed E-state index contributed by atoms with van der Waals surface area (Å²) in [5.41, 5.74) is 1.33. The topological polar surface area (TPSA) is 120 Å². The van der Waals surface area contributed by atoms with E-state index in [4.69, 9.17) is 14.2 Å². The molecule has 0 radical (unpaired) electrons. The lowest BCUT2D eigenvalue weighted by Crippen LogP contribution is -2.28. The van der Waals surface area contributed by atoms with E-state index in [-0.39, 0.29) is 23.8 Å². The zero-order valence-electron chi connectivity index (χ0n) is 20.2. The number of nitrogens with one attached hydrogen (secondary N) is 2. The Bertz CT molecular complexity index is 1050. The Kier molecular flexibility index (Phi) is 11.7. The lowest BCUT2D eigenvalue weighted by Gasteiger charge is -2.10. The summed E-state index contributed by atoms with van der Waals surface area (Å²) in [7, 11) is 1.55. The molecule has 1 aromatic carbocycles. The highest BCUT2D eigenvalue weighted by Gasteiger charge is 2.23. The molecular formula is C24H30N2O7S2. The Morgan fingerprint density at radius 3 is 2.46 bits per heavy atom. The second-order valence-electron chi connectivity index (χ2n) is 7.18. The van der Waals surface area contributed by atoms with Crippen molar-refractivity contribution in [3.63, 3.8) is 0 Å². The van der Waals surface area contributed by atoms with Gasteiger partial charge in [-0.25, -0.2) is 9.59 Å². The van der Waals surface area contributed by atoms with Crippen molar-refractivity contribution in [1.82, 2.24) is 5.32 Å². The van der Waals surface area contributed by atoms with Gasteiger partial charge < -0.3 is 24.8 Å². The summed E-state index contributed by atoms with van der Waals surface area (Å²) in [5, 5.41) is 5.74. The van der Waals surface area contributed by atoms with Gasteiger partial charge >= 0.3 is 11.9 Å². The van der Waals surface area contributed by atoms with Gasteiger partial charge in [-0.05, 0) is 38.0 Å². The van der Waals surface area contributed by atoms with E-state index < -0.39 is 24.5 Å². The maximum Gasteiger partial charge on any atom is 0.341 e. The number of benzene rings is 1. The van der Waals surface area contributed by atoms with E-state index in [1.54, 1.807) is 38.3 Å². The van der Waals surface area contributed by atoms with Crippen molar-refractivity contribution in [2.24, 2.45) is 0 Å². The summed E-state index contributed by atoms with van der Waals surface area (Å²) >= 11 is 2.49. The smallest absolute Gasteiger partial charge is 0.341 e. The zero-order chi connectivity index (χ0) is 25.8. The van der Waals surface area contributed by atoms with Crippen LogP contribution in [0.15, 0.2) is 29.2 Å². The highest BCUT2D eigenvalue weighted by molar-refractivity contribution is 8.00. The van der Waals surface area contributed by atoms with E-state index in [1.165, 1.54) is 23.1 Å². The van der Waals surface area contributed by atoms with Crippen LogP contribution in [-0.4, -0.2) is 63.0 Å². The van der Waals surface area contributed by atoms with E-state index in [9.17, 15) is 19.2 Å². The Labute approximate surface area is 212 Å².